The first-order valence-electron chi connectivity index (χ1n) is 2.76. The largest absolute Gasteiger partial charge is 0.151 e. The Labute approximate surface area is 42.9 Å². The molecule has 0 N–H and O–H groups in total. The van der Waals surface area contributed by atoms with E-state index in [1.807, 2.05) is 0 Å². The quantitative estimate of drug-likeness (QED) is 0.460. The Balaban J connectivity index is 2.26. The molecule has 1 aliphatic carbocycles. The van der Waals surface area contributed by atoms with Gasteiger partial charge in [-0.05, 0) is 12.8 Å². The minimum atomic E-state index is 0.167. The average molecular weight is 99.1 g/mol. The zero-order valence-electron chi connectivity index (χ0n) is 4.26. The first-order valence-corrected chi connectivity index (χ1v) is 2.76. The molecule has 0 atom stereocenters. The molecule has 1 saturated carbocycles. The van der Waals surface area contributed by atoms with Gasteiger partial charge in [-0.2, -0.15) is 4.91 Å². The highest BCUT2D eigenvalue weighted by Crippen LogP contribution is 2.19. The monoisotopic (exact) mass is 99.1 g/mol. The minimum absolute atomic E-state index is 0.167. The highest BCUT2D eigenvalue weighted by molar-refractivity contribution is 4.71. The van der Waals surface area contributed by atoms with E-state index in [4.69, 9.17) is 0 Å². The maximum atomic E-state index is 9.76. The van der Waals surface area contributed by atoms with Crippen LogP contribution >= 0.6 is 0 Å². The molecule has 2 heteroatoms. The third-order valence-electron chi connectivity index (χ3n) is 1.47. The summed E-state index contributed by atoms with van der Waals surface area (Å²) in [5, 5.41) is 2.94. The van der Waals surface area contributed by atoms with Crippen molar-refractivity contribution >= 4 is 0 Å². The smallest absolute Gasteiger partial charge is 0.0919 e. The van der Waals surface area contributed by atoms with Gasteiger partial charge in [0.15, 0.2) is 0 Å². The van der Waals surface area contributed by atoms with Crippen LogP contribution in [0, 0.1) is 4.91 Å². The molecule has 0 saturated heterocycles. The lowest BCUT2D eigenvalue weighted by Crippen LogP contribution is -1.91. The molecular formula is C5H9NO. The van der Waals surface area contributed by atoms with Crippen molar-refractivity contribution in [2.45, 2.75) is 31.7 Å². The van der Waals surface area contributed by atoms with Crippen LogP contribution in [0.5, 0.6) is 0 Å². The number of nitroso groups, excluding NO2 is 1. The summed E-state index contributed by atoms with van der Waals surface area (Å²) in [4.78, 5) is 9.76. The van der Waals surface area contributed by atoms with Gasteiger partial charge in [0.1, 0.15) is 0 Å². The van der Waals surface area contributed by atoms with Crippen LogP contribution in [0.1, 0.15) is 25.7 Å². The fourth-order valence-corrected chi connectivity index (χ4v) is 1.01. The summed E-state index contributed by atoms with van der Waals surface area (Å²) in [6.07, 6.45) is 4.47. The molecule has 0 aromatic rings. The summed E-state index contributed by atoms with van der Waals surface area (Å²) in [6.45, 7) is 0. The molecule has 0 aromatic heterocycles. The van der Waals surface area contributed by atoms with Crippen LogP contribution in [0.4, 0.5) is 0 Å². The highest BCUT2D eigenvalue weighted by atomic mass is 16.3. The van der Waals surface area contributed by atoms with Crippen LogP contribution in [0.2, 0.25) is 0 Å². The Morgan fingerprint density at radius 1 is 1.29 bits per heavy atom. The Bertz CT molecular complexity index is 66.5. The molecule has 1 fully saturated rings. The number of nitrogens with zero attached hydrogens (tertiary/aromatic N) is 1. The number of hydrogen-bond acceptors (Lipinski definition) is 2. The molecule has 0 radical (unpaired) electrons. The van der Waals surface area contributed by atoms with Gasteiger partial charge in [-0.15, -0.1) is 0 Å². The van der Waals surface area contributed by atoms with E-state index in [9.17, 15) is 4.91 Å². The summed E-state index contributed by atoms with van der Waals surface area (Å²) in [5.41, 5.74) is 0. The summed E-state index contributed by atoms with van der Waals surface area (Å²) in [5.74, 6) is 0. The van der Waals surface area contributed by atoms with Crippen molar-refractivity contribution in [1.29, 1.82) is 0 Å². The molecule has 1 rings (SSSR count). The Kier molecular flexibility index (Phi) is 1.39. The second-order valence-electron chi connectivity index (χ2n) is 2.04. The number of rotatable bonds is 1. The third kappa shape index (κ3) is 0.981. The lowest BCUT2D eigenvalue weighted by atomic mass is 10.3. The molecule has 7 heavy (non-hydrogen) atoms. The molecular weight excluding hydrogens is 90.1 g/mol. The van der Waals surface area contributed by atoms with Crippen LogP contribution in [-0.2, 0) is 0 Å². The molecule has 0 aliphatic heterocycles. The minimum Gasteiger partial charge on any atom is -0.151 e. The topological polar surface area (TPSA) is 29.4 Å². The van der Waals surface area contributed by atoms with E-state index in [-0.39, 0.29) is 6.04 Å². The Hall–Kier alpha value is -0.400. The van der Waals surface area contributed by atoms with Crippen molar-refractivity contribution < 1.29 is 0 Å². The molecule has 0 amide bonds. The van der Waals surface area contributed by atoms with E-state index in [2.05, 4.69) is 5.18 Å². The van der Waals surface area contributed by atoms with E-state index in [1.54, 1.807) is 0 Å². The summed E-state index contributed by atoms with van der Waals surface area (Å²) >= 11 is 0. The molecule has 1 aliphatic rings. The molecule has 0 heterocycles. The van der Waals surface area contributed by atoms with Crippen LogP contribution in [-0.4, -0.2) is 6.04 Å². The van der Waals surface area contributed by atoms with Crippen LogP contribution in [0.15, 0.2) is 5.18 Å². The first-order chi connectivity index (χ1) is 3.43. The summed E-state index contributed by atoms with van der Waals surface area (Å²) < 4.78 is 0. The van der Waals surface area contributed by atoms with Crippen molar-refractivity contribution in [3.05, 3.63) is 4.91 Å². The lowest BCUT2D eigenvalue weighted by molar-refractivity contribution is 0.701. The Morgan fingerprint density at radius 3 is 2.14 bits per heavy atom. The van der Waals surface area contributed by atoms with Gasteiger partial charge in [0, 0.05) is 0 Å². The van der Waals surface area contributed by atoms with Gasteiger partial charge in [-0.1, -0.05) is 18.0 Å². The fraction of sp³-hybridized carbons (Fsp3) is 1.00. The van der Waals surface area contributed by atoms with Crippen molar-refractivity contribution in [2.24, 2.45) is 5.18 Å². The van der Waals surface area contributed by atoms with E-state index >= 15 is 0 Å². The molecule has 0 unspecified atom stereocenters. The second kappa shape index (κ2) is 2.05. The Morgan fingerprint density at radius 2 is 1.86 bits per heavy atom. The lowest BCUT2D eigenvalue weighted by Gasteiger charge is -1.89. The summed E-state index contributed by atoms with van der Waals surface area (Å²) in [6, 6.07) is 0.167. The van der Waals surface area contributed by atoms with Gasteiger partial charge in [0.05, 0.1) is 6.04 Å². The number of hydrogen-bond donors (Lipinski definition) is 0. The van der Waals surface area contributed by atoms with E-state index in [1.165, 1.54) is 12.8 Å². The van der Waals surface area contributed by atoms with Gasteiger partial charge in [0.2, 0.25) is 0 Å². The summed E-state index contributed by atoms with van der Waals surface area (Å²) in [7, 11) is 0. The third-order valence-corrected chi connectivity index (χ3v) is 1.47. The highest BCUT2D eigenvalue weighted by Gasteiger charge is 2.13. The standard InChI is InChI=1S/C5H9NO/c7-6-5-3-1-2-4-5/h5H,1-4H2. The first kappa shape index (κ1) is 4.75. The van der Waals surface area contributed by atoms with E-state index in [0.717, 1.165) is 12.8 Å². The van der Waals surface area contributed by atoms with Crippen molar-refractivity contribution in [3.8, 4) is 0 Å². The fourth-order valence-electron chi connectivity index (χ4n) is 1.01. The van der Waals surface area contributed by atoms with E-state index in [0.29, 0.717) is 0 Å². The SMILES string of the molecule is O=NC1CCCC1. The van der Waals surface area contributed by atoms with Gasteiger partial charge in [0.25, 0.3) is 0 Å². The van der Waals surface area contributed by atoms with Gasteiger partial charge in [-0.3, -0.25) is 0 Å². The zero-order chi connectivity index (χ0) is 5.11. The maximum absolute atomic E-state index is 9.76. The maximum Gasteiger partial charge on any atom is 0.0919 e. The van der Waals surface area contributed by atoms with Crippen molar-refractivity contribution in [3.63, 3.8) is 0 Å². The predicted octanol–water partition coefficient (Wildman–Crippen LogP) is 1.70. The van der Waals surface area contributed by atoms with Gasteiger partial charge >= 0.3 is 0 Å². The second-order valence-corrected chi connectivity index (χ2v) is 2.04. The van der Waals surface area contributed by atoms with Gasteiger partial charge in [-0.25, -0.2) is 0 Å². The molecule has 0 aromatic carbocycles. The molecule has 2 nitrogen and oxygen atoms in total. The van der Waals surface area contributed by atoms with Crippen molar-refractivity contribution in [2.75, 3.05) is 0 Å². The molecule has 0 bridgehead atoms. The predicted molar refractivity (Wildman–Crippen MR) is 28.1 cm³/mol. The van der Waals surface area contributed by atoms with Gasteiger partial charge < -0.3 is 0 Å². The average Bonchev–Trinajstić information content (AvgIpc) is 2.14. The van der Waals surface area contributed by atoms with Crippen LogP contribution in [0.3, 0.4) is 0 Å². The van der Waals surface area contributed by atoms with Crippen LogP contribution < -0.4 is 0 Å². The molecule has 0 spiro atoms. The zero-order valence-corrected chi connectivity index (χ0v) is 4.26. The molecule has 40 valence electrons. The van der Waals surface area contributed by atoms with E-state index < -0.39 is 0 Å². The van der Waals surface area contributed by atoms with Crippen LogP contribution in [0.25, 0.3) is 0 Å². The van der Waals surface area contributed by atoms with Crippen molar-refractivity contribution in [1.82, 2.24) is 0 Å². The normalized spacial score (nSPS) is 22.9.